The summed E-state index contributed by atoms with van der Waals surface area (Å²) >= 11 is 0. The number of nitrogens with one attached hydrogen (secondary N) is 1. The van der Waals surface area contributed by atoms with Gasteiger partial charge in [0.2, 0.25) is 0 Å². The van der Waals surface area contributed by atoms with Crippen molar-refractivity contribution in [3.8, 4) is 0 Å². The second kappa shape index (κ2) is 5.51. The Balaban J connectivity index is 2.08. The smallest absolute Gasteiger partial charge is 0.0950 e. The lowest BCUT2D eigenvalue weighted by atomic mass is 9.89. The highest BCUT2D eigenvalue weighted by atomic mass is 16.5. The van der Waals surface area contributed by atoms with Crippen molar-refractivity contribution in [3.63, 3.8) is 0 Å². The third-order valence-corrected chi connectivity index (χ3v) is 3.38. The Labute approximate surface area is 97.2 Å². The van der Waals surface area contributed by atoms with Crippen molar-refractivity contribution in [1.29, 1.82) is 0 Å². The fourth-order valence-electron chi connectivity index (χ4n) is 2.45. The lowest BCUT2D eigenvalue weighted by Gasteiger charge is -2.26. The van der Waals surface area contributed by atoms with E-state index in [0.29, 0.717) is 18.1 Å². The summed E-state index contributed by atoms with van der Waals surface area (Å²) in [7, 11) is 0. The van der Waals surface area contributed by atoms with Crippen LogP contribution in [0.15, 0.2) is 23.0 Å². The van der Waals surface area contributed by atoms with Gasteiger partial charge in [-0.15, -0.1) is 0 Å². The number of hydrogen-bond donors (Lipinski definition) is 1. The Bertz CT molecular complexity index is 297. The summed E-state index contributed by atoms with van der Waals surface area (Å²) < 4.78 is 10.8. The molecule has 0 amide bonds. The molecule has 1 N–H and O–H groups in total. The molecule has 1 aliphatic rings. The minimum absolute atomic E-state index is 0.337. The largest absolute Gasteiger partial charge is 0.472 e. The van der Waals surface area contributed by atoms with E-state index in [0.717, 1.165) is 26.0 Å². The summed E-state index contributed by atoms with van der Waals surface area (Å²) in [6.45, 7) is 6.28. The predicted octanol–water partition coefficient (Wildman–Crippen LogP) is 2.75. The zero-order chi connectivity index (χ0) is 11.4. The Morgan fingerprint density at radius 1 is 1.56 bits per heavy atom. The minimum Gasteiger partial charge on any atom is -0.472 e. The zero-order valence-electron chi connectivity index (χ0n) is 10.1. The molecule has 1 aromatic heterocycles. The van der Waals surface area contributed by atoms with Gasteiger partial charge in [-0.25, -0.2) is 0 Å². The molecule has 1 fully saturated rings. The molecule has 3 nitrogen and oxygen atoms in total. The molecule has 2 heterocycles. The van der Waals surface area contributed by atoms with E-state index in [4.69, 9.17) is 9.15 Å². The van der Waals surface area contributed by atoms with Crippen molar-refractivity contribution in [2.24, 2.45) is 5.92 Å². The normalized spacial score (nSPS) is 27.1. The van der Waals surface area contributed by atoms with Crippen LogP contribution < -0.4 is 5.32 Å². The first-order valence-corrected chi connectivity index (χ1v) is 6.20. The van der Waals surface area contributed by atoms with E-state index < -0.39 is 0 Å². The maximum atomic E-state index is 5.65. The number of rotatable bonds is 5. The monoisotopic (exact) mass is 223 g/mol. The van der Waals surface area contributed by atoms with Crippen LogP contribution in [0.25, 0.3) is 0 Å². The Morgan fingerprint density at radius 3 is 3.00 bits per heavy atom. The SMILES string of the molecule is CCCNC(c1ccoc1)C1CCOC1C. The van der Waals surface area contributed by atoms with Gasteiger partial charge in [0, 0.05) is 24.1 Å². The van der Waals surface area contributed by atoms with E-state index in [9.17, 15) is 0 Å². The molecule has 1 aromatic rings. The number of furan rings is 1. The molecule has 0 saturated carbocycles. The van der Waals surface area contributed by atoms with Crippen LogP contribution in [-0.4, -0.2) is 19.3 Å². The fraction of sp³-hybridized carbons (Fsp3) is 0.692. The van der Waals surface area contributed by atoms with E-state index in [1.165, 1.54) is 5.56 Å². The number of hydrogen-bond acceptors (Lipinski definition) is 3. The highest BCUT2D eigenvalue weighted by molar-refractivity contribution is 5.14. The summed E-state index contributed by atoms with van der Waals surface area (Å²) in [5.41, 5.74) is 1.25. The molecule has 0 spiro atoms. The molecule has 1 saturated heterocycles. The summed E-state index contributed by atoms with van der Waals surface area (Å²) in [5, 5.41) is 3.60. The van der Waals surface area contributed by atoms with Crippen LogP contribution in [0, 0.1) is 5.92 Å². The van der Waals surface area contributed by atoms with Crippen LogP contribution in [0.4, 0.5) is 0 Å². The first-order chi connectivity index (χ1) is 7.83. The van der Waals surface area contributed by atoms with Crippen molar-refractivity contribution in [2.75, 3.05) is 13.2 Å². The molecule has 16 heavy (non-hydrogen) atoms. The van der Waals surface area contributed by atoms with Crippen molar-refractivity contribution < 1.29 is 9.15 Å². The molecule has 0 bridgehead atoms. The molecule has 90 valence electrons. The van der Waals surface area contributed by atoms with Gasteiger partial charge in [0.05, 0.1) is 18.6 Å². The number of ether oxygens (including phenoxy) is 1. The Kier molecular flexibility index (Phi) is 4.02. The second-order valence-corrected chi connectivity index (χ2v) is 4.52. The molecule has 0 radical (unpaired) electrons. The van der Waals surface area contributed by atoms with E-state index in [1.54, 1.807) is 6.26 Å². The molecule has 0 aliphatic carbocycles. The highest BCUT2D eigenvalue weighted by Gasteiger charge is 2.32. The third-order valence-electron chi connectivity index (χ3n) is 3.38. The van der Waals surface area contributed by atoms with Gasteiger partial charge in [-0.3, -0.25) is 0 Å². The lowest BCUT2D eigenvalue weighted by Crippen LogP contribution is -2.32. The fourth-order valence-corrected chi connectivity index (χ4v) is 2.45. The first kappa shape index (κ1) is 11.7. The van der Waals surface area contributed by atoms with Crippen LogP contribution in [0.1, 0.15) is 38.3 Å². The van der Waals surface area contributed by atoms with Crippen molar-refractivity contribution in [1.82, 2.24) is 5.32 Å². The quantitative estimate of drug-likeness (QED) is 0.833. The molecule has 1 aliphatic heterocycles. The van der Waals surface area contributed by atoms with Gasteiger partial charge < -0.3 is 14.5 Å². The molecular formula is C13H21NO2. The Morgan fingerprint density at radius 2 is 2.44 bits per heavy atom. The molecule has 3 heteroatoms. The van der Waals surface area contributed by atoms with Gasteiger partial charge >= 0.3 is 0 Å². The van der Waals surface area contributed by atoms with Crippen molar-refractivity contribution in [2.45, 2.75) is 38.8 Å². The predicted molar refractivity (Wildman–Crippen MR) is 63.3 cm³/mol. The van der Waals surface area contributed by atoms with E-state index in [2.05, 4.69) is 25.2 Å². The van der Waals surface area contributed by atoms with Crippen LogP contribution in [0.3, 0.4) is 0 Å². The van der Waals surface area contributed by atoms with E-state index >= 15 is 0 Å². The highest BCUT2D eigenvalue weighted by Crippen LogP contribution is 2.33. The van der Waals surface area contributed by atoms with E-state index in [-0.39, 0.29) is 0 Å². The summed E-state index contributed by atoms with van der Waals surface area (Å²) in [6, 6.07) is 2.43. The van der Waals surface area contributed by atoms with Gasteiger partial charge in [-0.1, -0.05) is 6.92 Å². The molecule has 2 rings (SSSR count). The van der Waals surface area contributed by atoms with Crippen molar-refractivity contribution in [3.05, 3.63) is 24.2 Å². The second-order valence-electron chi connectivity index (χ2n) is 4.52. The third kappa shape index (κ3) is 2.47. The summed E-state index contributed by atoms with van der Waals surface area (Å²) in [5.74, 6) is 0.559. The first-order valence-electron chi connectivity index (χ1n) is 6.20. The van der Waals surface area contributed by atoms with Gasteiger partial charge in [0.1, 0.15) is 0 Å². The average Bonchev–Trinajstić information content (AvgIpc) is 2.91. The van der Waals surface area contributed by atoms with E-state index in [1.807, 2.05) is 6.26 Å². The standard InChI is InChI=1S/C13H21NO2/c1-3-6-14-13(11-4-7-15-9-11)12-5-8-16-10(12)2/h4,7,9-10,12-14H,3,5-6,8H2,1-2H3. The molecule has 3 unspecified atom stereocenters. The van der Waals surface area contributed by atoms with Gasteiger partial charge in [-0.05, 0) is 32.4 Å². The zero-order valence-corrected chi connectivity index (χ0v) is 10.1. The molecule has 3 atom stereocenters. The summed E-state index contributed by atoms with van der Waals surface area (Å²) in [6.07, 6.45) is 6.21. The van der Waals surface area contributed by atoms with Crippen LogP contribution in [0.5, 0.6) is 0 Å². The maximum Gasteiger partial charge on any atom is 0.0950 e. The summed E-state index contributed by atoms with van der Waals surface area (Å²) in [4.78, 5) is 0. The minimum atomic E-state index is 0.337. The van der Waals surface area contributed by atoms with Gasteiger partial charge in [0.15, 0.2) is 0 Å². The van der Waals surface area contributed by atoms with Crippen LogP contribution in [0.2, 0.25) is 0 Å². The van der Waals surface area contributed by atoms with Crippen LogP contribution >= 0.6 is 0 Å². The van der Waals surface area contributed by atoms with Gasteiger partial charge in [-0.2, -0.15) is 0 Å². The lowest BCUT2D eigenvalue weighted by molar-refractivity contribution is 0.0953. The van der Waals surface area contributed by atoms with Crippen molar-refractivity contribution >= 4 is 0 Å². The average molecular weight is 223 g/mol. The molecular weight excluding hydrogens is 202 g/mol. The van der Waals surface area contributed by atoms with Gasteiger partial charge in [0.25, 0.3) is 0 Å². The van der Waals surface area contributed by atoms with Crippen LogP contribution in [-0.2, 0) is 4.74 Å². The maximum absolute atomic E-state index is 5.65. The topological polar surface area (TPSA) is 34.4 Å². The Hall–Kier alpha value is -0.800. The molecule has 0 aromatic carbocycles.